The van der Waals surface area contributed by atoms with Gasteiger partial charge in [-0.3, -0.25) is 0 Å². The van der Waals surface area contributed by atoms with Crippen LogP contribution >= 0.6 is 31.9 Å². The Morgan fingerprint density at radius 1 is 1.16 bits per heavy atom. The van der Waals surface area contributed by atoms with Crippen LogP contribution in [0.3, 0.4) is 0 Å². The van der Waals surface area contributed by atoms with E-state index in [0.717, 1.165) is 11.1 Å². The zero-order valence-electron chi connectivity index (χ0n) is 10.2. The number of hydrogen-bond acceptors (Lipinski definition) is 2. The summed E-state index contributed by atoms with van der Waals surface area (Å²) in [6, 6.07) is 8.65. The maximum absolute atomic E-state index is 13.7. The Kier molecular flexibility index (Phi) is 4.47. The smallest absolute Gasteiger partial charge is 0.146 e. The molecular formula is C14H12Br2FNO. The molecule has 0 aromatic heterocycles. The van der Waals surface area contributed by atoms with Gasteiger partial charge >= 0.3 is 0 Å². The molecule has 0 amide bonds. The molecule has 100 valence electrons. The van der Waals surface area contributed by atoms with Gasteiger partial charge < -0.3 is 10.4 Å². The first-order chi connectivity index (χ1) is 8.97. The fourth-order valence-electron chi connectivity index (χ4n) is 1.68. The number of rotatable bonds is 3. The Bertz CT molecular complexity index is 593. The molecule has 0 aliphatic carbocycles. The van der Waals surface area contributed by atoms with Crippen molar-refractivity contribution in [3.63, 3.8) is 0 Å². The quantitative estimate of drug-likeness (QED) is 0.777. The van der Waals surface area contributed by atoms with Gasteiger partial charge in [0.15, 0.2) is 0 Å². The molecule has 2 N–H and O–H groups in total. The van der Waals surface area contributed by atoms with Crippen LogP contribution in [0.1, 0.15) is 11.1 Å². The van der Waals surface area contributed by atoms with Gasteiger partial charge in [0.05, 0.1) is 14.6 Å². The van der Waals surface area contributed by atoms with Crippen molar-refractivity contribution in [3.05, 3.63) is 56.2 Å². The molecule has 0 atom stereocenters. The molecule has 0 spiro atoms. The normalized spacial score (nSPS) is 10.5. The lowest BCUT2D eigenvalue weighted by Crippen LogP contribution is -2.01. The van der Waals surface area contributed by atoms with Gasteiger partial charge in [0.2, 0.25) is 0 Å². The molecule has 0 aliphatic rings. The number of aryl methyl sites for hydroxylation is 1. The molecule has 2 rings (SSSR count). The molecule has 0 aliphatic heterocycles. The number of phenols is 1. The van der Waals surface area contributed by atoms with E-state index in [1.165, 1.54) is 6.07 Å². The number of phenolic OH excluding ortho intramolecular Hbond substituents is 1. The number of nitrogens with one attached hydrogen (secondary N) is 1. The summed E-state index contributed by atoms with van der Waals surface area (Å²) < 4.78 is 14.9. The Labute approximate surface area is 127 Å². The number of hydrogen-bond donors (Lipinski definition) is 2. The zero-order chi connectivity index (χ0) is 14.0. The number of anilines is 1. The van der Waals surface area contributed by atoms with Gasteiger partial charge in [0, 0.05) is 6.54 Å². The van der Waals surface area contributed by atoms with E-state index in [4.69, 9.17) is 0 Å². The molecule has 0 unspecified atom stereocenters. The molecule has 2 aromatic rings. The number of halogens is 3. The summed E-state index contributed by atoms with van der Waals surface area (Å²) in [6.45, 7) is 2.32. The summed E-state index contributed by atoms with van der Waals surface area (Å²) in [4.78, 5) is 0. The van der Waals surface area contributed by atoms with Gasteiger partial charge in [0.25, 0.3) is 0 Å². The first-order valence-corrected chi connectivity index (χ1v) is 7.23. The predicted octanol–water partition coefficient (Wildman–Crippen LogP) is 4.98. The van der Waals surface area contributed by atoms with Crippen molar-refractivity contribution in [3.8, 4) is 5.75 Å². The second-order valence-corrected chi connectivity index (χ2v) is 5.95. The maximum Gasteiger partial charge on any atom is 0.146 e. The van der Waals surface area contributed by atoms with Crippen LogP contribution in [0.25, 0.3) is 0 Å². The summed E-state index contributed by atoms with van der Waals surface area (Å²) in [5.74, 6) is -0.109. The minimum absolute atomic E-state index is 0.158. The van der Waals surface area contributed by atoms with Crippen molar-refractivity contribution in [1.29, 1.82) is 0 Å². The van der Waals surface area contributed by atoms with E-state index in [-0.39, 0.29) is 11.6 Å². The Morgan fingerprint density at radius 3 is 2.37 bits per heavy atom. The maximum atomic E-state index is 13.7. The first-order valence-electron chi connectivity index (χ1n) is 5.64. The molecule has 0 bridgehead atoms. The van der Waals surface area contributed by atoms with Crippen molar-refractivity contribution in [1.82, 2.24) is 0 Å². The fraction of sp³-hybridized carbons (Fsp3) is 0.143. The van der Waals surface area contributed by atoms with Gasteiger partial charge in [0.1, 0.15) is 11.6 Å². The summed E-state index contributed by atoms with van der Waals surface area (Å²) in [5, 5.41) is 12.6. The van der Waals surface area contributed by atoms with Crippen LogP contribution in [-0.2, 0) is 6.54 Å². The monoisotopic (exact) mass is 387 g/mol. The molecule has 0 fully saturated rings. The number of benzene rings is 2. The van der Waals surface area contributed by atoms with Gasteiger partial charge in [-0.05, 0) is 74.2 Å². The van der Waals surface area contributed by atoms with Crippen molar-refractivity contribution in [2.45, 2.75) is 13.5 Å². The van der Waals surface area contributed by atoms with E-state index in [2.05, 4.69) is 37.2 Å². The summed E-state index contributed by atoms with van der Waals surface area (Å²) in [7, 11) is 0. The SMILES string of the molecule is Cc1ccc(NCc2cc(Br)c(O)c(Br)c2)c(F)c1. The van der Waals surface area contributed by atoms with E-state index < -0.39 is 0 Å². The summed E-state index contributed by atoms with van der Waals surface area (Å²) in [6.07, 6.45) is 0. The second-order valence-electron chi connectivity index (χ2n) is 4.24. The highest BCUT2D eigenvalue weighted by Crippen LogP contribution is 2.33. The van der Waals surface area contributed by atoms with Crippen LogP contribution in [0.4, 0.5) is 10.1 Å². The average Bonchev–Trinajstić information content (AvgIpc) is 2.34. The second kappa shape index (κ2) is 5.92. The highest BCUT2D eigenvalue weighted by Gasteiger charge is 2.07. The topological polar surface area (TPSA) is 32.3 Å². The van der Waals surface area contributed by atoms with E-state index in [0.29, 0.717) is 21.2 Å². The molecule has 2 aromatic carbocycles. The van der Waals surface area contributed by atoms with E-state index in [9.17, 15) is 9.50 Å². The lowest BCUT2D eigenvalue weighted by Gasteiger charge is -2.10. The molecule has 5 heteroatoms. The van der Waals surface area contributed by atoms with Crippen molar-refractivity contribution in [2.24, 2.45) is 0 Å². The predicted molar refractivity (Wildman–Crippen MR) is 82.0 cm³/mol. The largest absolute Gasteiger partial charge is 0.506 e. The standard InChI is InChI=1S/C14H12Br2FNO/c1-8-2-3-13(12(17)4-8)18-7-9-5-10(15)14(19)11(16)6-9/h2-6,18-19H,7H2,1H3. The summed E-state index contributed by atoms with van der Waals surface area (Å²) >= 11 is 6.53. The molecule has 0 heterocycles. The Balaban J connectivity index is 2.14. The molecule has 0 radical (unpaired) electrons. The van der Waals surface area contributed by atoms with Gasteiger partial charge in [-0.25, -0.2) is 4.39 Å². The van der Waals surface area contributed by atoms with Gasteiger partial charge in [-0.2, -0.15) is 0 Å². The zero-order valence-corrected chi connectivity index (χ0v) is 13.3. The molecule has 0 saturated heterocycles. The summed E-state index contributed by atoms with van der Waals surface area (Å²) in [5.41, 5.74) is 2.28. The Morgan fingerprint density at radius 2 is 1.79 bits per heavy atom. The minimum Gasteiger partial charge on any atom is -0.506 e. The molecule has 2 nitrogen and oxygen atoms in total. The van der Waals surface area contributed by atoms with Crippen molar-refractivity contribution in [2.75, 3.05) is 5.32 Å². The minimum atomic E-state index is -0.267. The van der Waals surface area contributed by atoms with Crippen LogP contribution < -0.4 is 5.32 Å². The highest BCUT2D eigenvalue weighted by atomic mass is 79.9. The van der Waals surface area contributed by atoms with E-state index in [1.54, 1.807) is 18.2 Å². The van der Waals surface area contributed by atoms with Crippen LogP contribution in [0, 0.1) is 12.7 Å². The average molecular weight is 389 g/mol. The number of aromatic hydroxyl groups is 1. The third kappa shape index (κ3) is 3.48. The third-order valence-electron chi connectivity index (χ3n) is 2.68. The van der Waals surface area contributed by atoms with Gasteiger partial charge in [-0.15, -0.1) is 0 Å². The van der Waals surface area contributed by atoms with Crippen LogP contribution in [0.15, 0.2) is 39.3 Å². The highest BCUT2D eigenvalue weighted by molar-refractivity contribution is 9.11. The fourth-order valence-corrected chi connectivity index (χ4v) is 2.96. The Hall–Kier alpha value is -1.07. The van der Waals surface area contributed by atoms with Crippen LogP contribution in [0.5, 0.6) is 5.75 Å². The molecule has 0 saturated carbocycles. The molecule has 19 heavy (non-hydrogen) atoms. The van der Waals surface area contributed by atoms with E-state index in [1.807, 2.05) is 13.0 Å². The lowest BCUT2D eigenvalue weighted by molar-refractivity contribution is 0.468. The van der Waals surface area contributed by atoms with Crippen LogP contribution in [-0.4, -0.2) is 5.11 Å². The molecular weight excluding hydrogens is 377 g/mol. The van der Waals surface area contributed by atoms with Crippen molar-refractivity contribution >= 4 is 37.5 Å². The van der Waals surface area contributed by atoms with Gasteiger partial charge in [-0.1, -0.05) is 6.07 Å². The van der Waals surface area contributed by atoms with Crippen molar-refractivity contribution < 1.29 is 9.50 Å². The lowest BCUT2D eigenvalue weighted by atomic mass is 10.2. The third-order valence-corrected chi connectivity index (χ3v) is 3.89. The van der Waals surface area contributed by atoms with Crippen LogP contribution in [0.2, 0.25) is 0 Å². The first kappa shape index (κ1) is 14.3. The van der Waals surface area contributed by atoms with E-state index >= 15 is 0 Å².